The van der Waals surface area contributed by atoms with E-state index in [0.29, 0.717) is 102 Å². The van der Waals surface area contributed by atoms with E-state index >= 15 is 0 Å². The molecule has 0 aliphatic carbocycles. The second kappa shape index (κ2) is 48.1. The van der Waals surface area contributed by atoms with Crippen molar-refractivity contribution in [3.05, 3.63) is 148 Å². The van der Waals surface area contributed by atoms with E-state index in [4.69, 9.17) is 79.2 Å². The van der Waals surface area contributed by atoms with Crippen molar-refractivity contribution in [3.63, 3.8) is 0 Å². The van der Waals surface area contributed by atoms with Crippen LogP contribution in [0.15, 0.2) is 132 Å². The summed E-state index contributed by atoms with van der Waals surface area (Å²) >= 11 is 9.26. The van der Waals surface area contributed by atoms with Gasteiger partial charge >= 0.3 is 75.2 Å². The van der Waals surface area contributed by atoms with E-state index in [2.05, 4.69) is 138 Å². The Bertz CT molecular complexity index is 6540. The van der Waals surface area contributed by atoms with Crippen molar-refractivity contribution in [2.75, 3.05) is 56.5 Å². The number of aromatic nitrogens is 18. The van der Waals surface area contributed by atoms with Gasteiger partial charge in [0.2, 0.25) is 0 Å². The van der Waals surface area contributed by atoms with Crippen molar-refractivity contribution in [2.24, 2.45) is 20.5 Å². The van der Waals surface area contributed by atoms with Crippen LogP contribution in [0.4, 0.5) is 31.8 Å². The van der Waals surface area contributed by atoms with Crippen molar-refractivity contribution < 1.29 is 90.8 Å². The van der Waals surface area contributed by atoms with E-state index in [1.807, 2.05) is 175 Å². The molecule has 8 N–H and O–H groups in total. The summed E-state index contributed by atoms with van der Waals surface area (Å²) in [4.78, 5) is 105. The number of carbonyl (C=O) groups excluding carboxylic acids is 6. The van der Waals surface area contributed by atoms with Crippen molar-refractivity contribution in [2.45, 2.75) is 265 Å². The number of rotatable bonds is 21. The van der Waals surface area contributed by atoms with Gasteiger partial charge in [0.25, 0.3) is 0 Å². The number of nitrogens with two attached hydrogens (primary N) is 3. The summed E-state index contributed by atoms with van der Waals surface area (Å²) in [7, 11) is 2.76. The van der Waals surface area contributed by atoms with E-state index in [1.165, 1.54) is 39.9 Å². The Labute approximate surface area is 882 Å². The first kappa shape index (κ1) is 115. The number of amides is 3. The summed E-state index contributed by atoms with van der Waals surface area (Å²) in [6.07, 6.45) is 14.6. The van der Waals surface area contributed by atoms with Crippen LogP contribution < -0.4 is 36.9 Å². The minimum atomic E-state index is -1.17. The minimum absolute atomic E-state index is 0.00430. The molecule has 50 heteroatoms. The summed E-state index contributed by atoms with van der Waals surface area (Å²) in [6.45, 7) is 46.3. The second-order valence-corrected chi connectivity index (χ2v) is 44.4. The Morgan fingerprint density at radius 1 is 0.497 bits per heavy atom. The van der Waals surface area contributed by atoms with Crippen molar-refractivity contribution >= 4 is 165 Å². The van der Waals surface area contributed by atoms with Gasteiger partial charge in [-0.3, -0.25) is 14.4 Å². The maximum atomic E-state index is 12.7. The van der Waals surface area contributed by atoms with Crippen LogP contribution >= 0.6 is 51.3 Å². The van der Waals surface area contributed by atoms with Crippen LogP contribution in [0.3, 0.4) is 0 Å². The Balaban J connectivity index is 0.000000187. The first-order valence-electron chi connectivity index (χ1n) is 47.5. The summed E-state index contributed by atoms with van der Waals surface area (Å²) in [6, 6.07) is 23.0. The zero-order valence-electron chi connectivity index (χ0n) is 87.2. The van der Waals surface area contributed by atoms with Gasteiger partial charge in [0.05, 0.1) is 102 Å². The predicted octanol–water partition coefficient (Wildman–Crippen LogP) is 14.7. The Morgan fingerprint density at radius 2 is 0.816 bits per heavy atom. The standard InChI is InChI=1S/C30H37BrN8O5.C30H38N8O5.C21H30BN3O5.C15H20IN5O2.CH5BO2.BHNS/c1-29(2,3)27(40)43-17-38-20(13-35-36-38)15-42-21-9-7-18(8-10-21)22-23-25(32)33-16-34-26(23)39(24(22)31)19-11-12-37(14-19)28(41)44-30(4,5)6;1-29(2,3)27(39)42-18-38-21(13-34-35-38)16-41-22-9-7-19(8-10-22)23-15-37(26-24(23)25(31)32-17-33-26)20-11-12-36(14-20)28(40)43-30(4,5)6;1-19(2,3)18(26)28-14-25-16(12-23-24-25)13-27-17-10-8-15(9-11-17)22-29-20(4,5)21(6,7)30-22;1-15(2,3)23-14(22)20-5-4-9(6-20)21-7-10(16)11-12(17)18-8-19-13(11)21;1-2(3)4;1-2-3/h7-10,13,16,19H,11-12,14-15,17H2,1-6H3,(H2,32,33,34);7-10,13,15,17,20H,11-12,14,16,18H2,1-6H3,(H2,31,32,33);8-12H,13-14H2,1-7H3;7-9H,4-6H2,1-3H3,(H2,17,18,19);3-4H,1H3;3H/t19-;20-;;9-;;/m11.1../s1. The van der Waals surface area contributed by atoms with Crippen LogP contribution in [0.25, 0.3) is 55.4 Å². The molecule has 3 atom stereocenters. The third kappa shape index (κ3) is 30.6. The van der Waals surface area contributed by atoms with Crippen LogP contribution in [0.5, 0.6) is 17.2 Å². The molecule has 4 fully saturated rings. The zero-order valence-corrected chi connectivity index (χ0v) is 91.9. The van der Waals surface area contributed by atoms with Crippen LogP contribution in [-0.2, 0) is 92.1 Å². The molecule has 4 aliphatic rings. The quantitative estimate of drug-likeness (QED) is 0.0128. The second-order valence-electron chi connectivity index (χ2n) is 42.3. The topological polar surface area (TPSA) is 529 Å². The van der Waals surface area contributed by atoms with Gasteiger partial charge < -0.3 is 108 Å². The van der Waals surface area contributed by atoms with Gasteiger partial charge in [-0.15, -0.1) is 15.3 Å². The molecule has 44 nitrogen and oxygen atoms in total. The first-order valence-corrected chi connectivity index (χ1v) is 49.8. The number of likely N-dealkylation sites (tertiary alicyclic amines) is 3. The number of halogens is 2. The molecular weight excluding hydrogens is 2090 g/mol. The number of anilines is 3. The number of nitrogens with zero attached hydrogens (tertiary/aromatic N) is 22. The predicted molar refractivity (Wildman–Crippen MR) is 567 cm³/mol. The summed E-state index contributed by atoms with van der Waals surface area (Å²) < 4.78 is 77.8. The molecule has 0 unspecified atom stereocenters. The molecule has 4 saturated heterocycles. The summed E-state index contributed by atoms with van der Waals surface area (Å²) in [5.74, 6) is 2.22. The Hall–Kier alpha value is -12.6. The number of fused-ring (bicyclic) bond motifs is 3. The van der Waals surface area contributed by atoms with Gasteiger partial charge in [0, 0.05) is 66.4 Å². The number of thiol groups is 1. The van der Waals surface area contributed by atoms with E-state index in [0.717, 1.165) is 77.0 Å². The van der Waals surface area contributed by atoms with Gasteiger partial charge in [-0.2, -0.15) is 0 Å². The van der Waals surface area contributed by atoms with Gasteiger partial charge in [0.15, 0.2) is 20.2 Å². The maximum absolute atomic E-state index is 12.7. The average Bonchev–Trinajstić information content (AvgIpc) is 1.59. The van der Waals surface area contributed by atoms with Gasteiger partial charge in [-0.05, 0) is 270 Å². The SMILES string of the molecule is CB(O)O.CC(C)(C)C(=O)OCn1nncc1COc1ccc(B2OC(C)(C)C(C)(C)O2)cc1.CC(C)(C)OC(=O)N1CC[C@@H](n2c(Br)c(-c3ccc(OCc4cnnn4COC(=O)C(C)(C)C)cc3)c3c(N)ncnc32)C1.CC(C)(C)OC(=O)N1CC[C@@H](n2cc(-c3ccc(OCc4cnnn4COC(=O)C(C)(C)C)cc3)c3c(N)ncnc32)C1.CC(C)(C)OC(=O)N1CC[C@@H](n2cc(I)c3c(N)ncnc32)C1.[B]=NS. The van der Waals surface area contributed by atoms with Crippen LogP contribution in [0, 0.1) is 19.8 Å². The number of nitrogen functional groups attached to an aromatic ring is 3. The molecule has 13 heterocycles. The molecule has 0 spiro atoms. The number of carbonyl (C=O) groups is 6. The van der Waals surface area contributed by atoms with E-state index in [1.54, 1.807) is 95.6 Å². The normalized spacial score (nSPS) is 16.0. The van der Waals surface area contributed by atoms with E-state index in [9.17, 15) is 28.8 Å². The third-order valence-corrected chi connectivity index (χ3v) is 24.9. The monoisotopic (exact) mass is 2220 g/mol. The fourth-order valence-electron chi connectivity index (χ4n) is 15.2. The van der Waals surface area contributed by atoms with Crippen LogP contribution in [0.1, 0.15) is 207 Å². The van der Waals surface area contributed by atoms with Crippen molar-refractivity contribution in [1.29, 1.82) is 0 Å². The molecule has 1 radical (unpaired) electrons. The van der Waals surface area contributed by atoms with Crippen molar-refractivity contribution in [1.82, 2.24) is 103 Å². The molecule has 12 aromatic rings. The Kier molecular flexibility index (Phi) is 37.5. The molecule has 3 aromatic carbocycles. The molecule has 4 aliphatic heterocycles. The molecular formula is C97H131B3BrIN25O19S. The number of ether oxygens (including phenoxy) is 9. The molecule has 9 aromatic heterocycles. The van der Waals surface area contributed by atoms with Crippen LogP contribution in [0.2, 0.25) is 6.82 Å². The molecule has 147 heavy (non-hydrogen) atoms. The van der Waals surface area contributed by atoms with Crippen LogP contribution in [-0.4, -0.2) is 239 Å². The molecule has 0 bridgehead atoms. The molecule has 787 valence electrons. The zero-order chi connectivity index (χ0) is 108. The molecule has 0 saturated carbocycles. The summed E-state index contributed by atoms with van der Waals surface area (Å²) in [5, 5.41) is 41.2. The first-order chi connectivity index (χ1) is 68.8. The number of esters is 3. The third-order valence-electron chi connectivity index (χ3n) is 23.3. The fourth-order valence-corrected chi connectivity index (χ4v) is 16.9. The Morgan fingerprint density at radius 3 is 1.18 bits per heavy atom. The van der Waals surface area contributed by atoms with E-state index < -0.39 is 47.3 Å². The number of benzene rings is 3. The average molecular weight is 2220 g/mol. The fraction of sp³-hybridized carbons (Fsp3) is 0.505. The van der Waals surface area contributed by atoms with Crippen molar-refractivity contribution in [3.8, 4) is 39.5 Å². The number of hydrogen-bond donors (Lipinski definition) is 6. The molecule has 16 rings (SSSR count). The molecule has 3 amide bonds. The van der Waals surface area contributed by atoms with Gasteiger partial charge in [-0.1, -0.05) is 52.0 Å². The van der Waals surface area contributed by atoms with E-state index in [-0.39, 0.29) is 106 Å². The van der Waals surface area contributed by atoms with Gasteiger partial charge in [0.1, 0.15) is 107 Å². The van der Waals surface area contributed by atoms with Gasteiger partial charge in [-0.25, -0.2) is 58.3 Å². The summed E-state index contributed by atoms with van der Waals surface area (Å²) in [5.41, 5.74) is 23.2. The number of hydrogen-bond acceptors (Lipinski definition) is 36.